The van der Waals surface area contributed by atoms with E-state index in [1.165, 1.54) is 0 Å². The second-order valence-electron chi connectivity index (χ2n) is 5.60. The molecule has 0 aliphatic carbocycles. The largest absolute Gasteiger partial charge is 0.325 e. The smallest absolute Gasteiger partial charge is 0.239 e. The topological polar surface area (TPSA) is 90.3 Å². The molecule has 0 saturated heterocycles. The van der Waals surface area contributed by atoms with Gasteiger partial charge in [0.1, 0.15) is 0 Å². The summed E-state index contributed by atoms with van der Waals surface area (Å²) in [4.78, 5) is 12.2. The molecule has 0 spiro atoms. The molecule has 0 bridgehead atoms. The van der Waals surface area contributed by atoms with E-state index < -0.39 is 15.9 Å². The average molecular weight is 357 g/mol. The first-order valence-electron chi connectivity index (χ1n) is 7.63. The first-order chi connectivity index (χ1) is 11.9. The number of hydrogen-bond donors (Lipinski definition) is 1. The van der Waals surface area contributed by atoms with Gasteiger partial charge in [-0.05, 0) is 23.3 Å². The number of nitriles is 1. The van der Waals surface area contributed by atoms with Gasteiger partial charge in [-0.2, -0.15) is 9.57 Å². The van der Waals surface area contributed by atoms with Crippen LogP contribution in [0.3, 0.4) is 0 Å². The lowest BCUT2D eigenvalue weighted by Crippen LogP contribution is -2.36. The van der Waals surface area contributed by atoms with Crippen molar-refractivity contribution in [3.05, 3.63) is 65.7 Å². The maximum absolute atomic E-state index is 12.2. The van der Waals surface area contributed by atoms with Crippen LogP contribution >= 0.6 is 0 Å². The van der Waals surface area contributed by atoms with E-state index in [2.05, 4.69) is 5.32 Å². The molecule has 0 radical (unpaired) electrons. The Balaban J connectivity index is 2.03. The Morgan fingerprint density at radius 3 is 2.28 bits per heavy atom. The number of anilines is 1. The van der Waals surface area contributed by atoms with Gasteiger partial charge in [0.15, 0.2) is 0 Å². The summed E-state index contributed by atoms with van der Waals surface area (Å²) in [5, 5.41) is 11.3. The fourth-order valence-corrected chi connectivity index (χ4v) is 2.97. The third-order valence-electron chi connectivity index (χ3n) is 3.51. The van der Waals surface area contributed by atoms with Crippen LogP contribution in [0.15, 0.2) is 54.6 Å². The van der Waals surface area contributed by atoms with E-state index in [4.69, 9.17) is 5.26 Å². The molecule has 2 rings (SSSR count). The first-order valence-corrected chi connectivity index (χ1v) is 9.48. The van der Waals surface area contributed by atoms with Crippen LogP contribution in [0.25, 0.3) is 0 Å². The molecule has 0 aliphatic heterocycles. The van der Waals surface area contributed by atoms with Crippen molar-refractivity contribution in [2.24, 2.45) is 0 Å². The van der Waals surface area contributed by atoms with Crippen molar-refractivity contribution < 1.29 is 13.2 Å². The predicted octanol–water partition coefficient (Wildman–Crippen LogP) is 2.15. The van der Waals surface area contributed by atoms with Crippen LogP contribution in [0.2, 0.25) is 0 Å². The molecule has 2 aromatic rings. The van der Waals surface area contributed by atoms with Gasteiger partial charge in [-0.15, -0.1) is 0 Å². The Labute approximate surface area is 147 Å². The molecule has 2 aromatic carbocycles. The highest BCUT2D eigenvalue weighted by Gasteiger charge is 2.20. The van der Waals surface area contributed by atoms with Gasteiger partial charge >= 0.3 is 0 Å². The molecule has 0 saturated carbocycles. The number of nitrogens with zero attached hydrogens (tertiary/aromatic N) is 2. The number of carbonyl (C=O) groups excluding carboxylic acids is 1. The molecule has 1 amide bonds. The summed E-state index contributed by atoms with van der Waals surface area (Å²) in [5.41, 5.74) is 2.21. The van der Waals surface area contributed by atoms with Crippen molar-refractivity contribution in [3.8, 4) is 6.07 Å². The second-order valence-corrected chi connectivity index (χ2v) is 7.58. The van der Waals surface area contributed by atoms with Crippen molar-refractivity contribution in [3.63, 3.8) is 0 Å². The Kier molecular flexibility index (Phi) is 6.28. The lowest BCUT2D eigenvalue weighted by Gasteiger charge is -2.19. The summed E-state index contributed by atoms with van der Waals surface area (Å²) in [6.07, 6.45) is 1.38. The van der Waals surface area contributed by atoms with Gasteiger partial charge in [0.05, 0.1) is 25.3 Å². The van der Waals surface area contributed by atoms with E-state index in [-0.39, 0.29) is 13.1 Å². The molecular weight excluding hydrogens is 338 g/mol. The Morgan fingerprint density at radius 2 is 1.72 bits per heavy atom. The standard InChI is InChI=1S/C18H19N3O3S/c1-25(23,24)21(13-16-5-3-2-4-6-16)14-18(22)20-17-9-7-15(8-10-17)11-12-19/h2-10H,11,13-14H2,1H3,(H,20,22). The molecule has 0 unspecified atom stereocenters. The van der Waals surface area contributed by atoms with Crippen LogP contribution in [0.4, 0.5) is 5.69 Å². The molecule has 0 atom stereocenters. The zero-order valence-corrected chi connectivity index (χ0v) is 14.7. The second kappa shape index (κ2) is 8.42. The van der Waals surface area contributed by atoms with Crippen LogP contribution in [0.1, 0.15) is 11.1 Å². The number of benzene rings is 2. The van der Waals surface area contributed by atoms with Gasteiger partial charge in [0, 0.05) is 12.2 Å². The fraction of sp³-hybridized carbons (Fsp3) is 0.222. The van der Waals surface area contributed by atoms with Crippen molar-refractivity contribution in [2.45, 2.75) is 13.0 Å². The van der Waals surface area contributed by atoms with E-state index in [1.807, 2.05) is 36.4 Å². The van der Waals surface area contributed by atoms with Crippen LogP contribution in [-0.2, 0) is 27.8 Å². The van der Waals surface area contributed by atoms with Crippen molar-refractivity contribution in [2.75, 3.05) is 18.1 Å². The van der Waals surface area contributed by atoms with Crippen LogP contribution in [-0.4, -0.2) is 31.4 Å². The Morgan fingerprint density at radius 1 is 1.08 bits per heavy atom. The number of rotatable bonds is 7. The lowest BCUT2D eigenvalue weighted by molar-refractivity contribution is -0.116. The van der Waals surface area contributed by atoms with Crippen molar-refractivity contribution in [1.82, 2.24) is 4.31 Å². The summed E-state index contributed by atoms with van der Waals surface area (Å²) < 4.78 is 25.0. The third kappa shape index (κ3) is 6.03. The molecule has 0 aromatic heterocycles. The molecule has 7 heteroatoms. The predicted molar refractivity (Wildman–Crippen MR) is 96.1 cm³/mol. The van der Waals surface area contributed by atoms with Gasteiger partial charge in [-0.1, -0.05) is 42.5 Å². The maximum atomic E-state index is 12.2. The SMILES string of the molecule is CS(=O)(=O)N(CC(=O)Nc1ccc(CC#N)cc1)Cc1ccccc1. The summed E-state index contributed by atoms with van der Waals surface area (Å²) in [5.74, 6) is -0.422. The molecular formula is C18H19N3O3S. The van der Waals surface area contributed by atoms with Gasteiger partial charge in [-0.25, -0.2) is 8.42 Å². The Hall–Kier alpha value is -2.69. The number of amides is 1. The minimum absolute atomic E-state index is 0.133. The molecule has 0 heterocycles. The van der Waals surface area contributed by atoms with Gasteiger partial charge in [0.2, 0.25) is 15.9 Å². The monoisotopic (exact) mass is 357 g/mol. The fourth-order valence-electron chi connectivity index (χ4n) is 2.24. The van der Waals surface area contributed by atoms with Crippen LogP contribution in [0.5, 0.6) is 0 Å². The summed E-state index contributed by atoms with van der Waals surface area (Å²) in [6.45, 7) is -0.137. The molecule has 0 fully saturated rings. The van der Waals surface area contributed by atoms with Crippen molar-refractivity contribution >= 4 is 21.6 Å². The molecule has 6 nitrogen and oxygen atoms in total. The lowest BCUT2D eigenvalue weighted by atomic mass is 10.1. The van der Waals surface area contributed by atoms with Crippen molar-refractivity contribution in [1.29, 1.82) is 5.26 Å². The van der Waals surface area contributed by atoms with E-state index in [1.54, 1.807) is 24.3 Å². The number of nitrogens with one attached hydrogen (secondary N) is 1. The highest BCUT2D eigenvalue weighted by Crippen LogP contribution is 2.12. The van der Waals surface area contributed by atoms with Crippen LogP contribution < -0.4 is 5.32 Å². The molecule has 25 heavy (non-hydrogen) atoms. The minimum atomic E-state index is -3.53. The van der Waals surface area contributed by atoms with Gasteiger partial charge in [0.25, 0.3) is 0 Å². The van der Waals surface area contributed by atoms with Crippen LogP contribution in [0, 0.1) is 11.3 Å². The third-order valence-corrected chi connectivity index (χ3v) is 4.71. The number of carbonyl (C=O) groups is 1. The minimum Gasteiger partial charge on any atom is -0.325 e. The van der Waals surface area contributed by atoms with E-state index in [0.29, 0.717) is 12.1 Å². The highest BCUT2D eigenvalue weighted by molar-refractivity contribution is 7.88. The van der Waals surface area contributed by atoms with E-state index >= 15 is 0 Å². The zero-order chi connectivity index (χ0) is 18.3. The number of hydrogen-bond acceptors (Lipinski definition) is 4. The van der Waals surface area contributed by atoms with E-state index in [9.17, 15) is 13.2 Å². The average Bonchev–Trinajstić information content (AvgIpc) is 2.56. The first kappa shape index (κ1) is 18.6. The Bertz CT molecular complexity index is 857. The highest BCUT2D eigenvalue weighted by atomic mass is 32.2. The maximum Gasteiger partial charge on any atom is 0.239 e. The molecule has 130 valence electrons. The van der Waals surface area contributed by atoms with Gasteiger partial charge in [-0.3, -0.25) is 4.79 Å². The summed E-state index contributed by atoms with van der Waals surface area (Å²) in [6, 6.07) is 18.0. The number of sulfonamides is 1. The zero-order valence-electron chi connectivity index (χ0n) is 13.8. The van der Waals surface area contributed by atoms with E-state index in [0.717, 1.165) is 21.7 Å². The quantitative estimate of drug-likeness (QED) is 0.822. The summed E-state index contributed by atoms with van der Waals surface area (Å²) in [7, 11) is -3.53. The normalized spacial score (nSPS) is 11.1. The molecule has 1 N–H and O–H groups in total. The summed E-state index contributed by atoms with van der Waals surface area (Å²) >= 11 is 0. The van der Waals surface area contributed by atoms with Gasteiger partial charge < -0.3 is 5.32 Å². The molecule has 0 aliphatic rings.